The van der Waals surface area contributed by atoms with Crippen LogP contribution in [0.1, 0.15) is 26.2 Å². The summed E-state index contributed by atoms with van der Waals surface area (Å²) in [5.41, 5.74) is 0. The van der Waals surface area contributed by atoms with Crippen LogP contribution < -0.4 is 5.32 Å². The van der Waals surface area contributed by atoms with Gasteiger partial charge in [0.15, 0.2) is 0 Å². The zero-order chi connectivity index (χ0) is 9.23. The van der Waals surface area contributed by atoms with Gasteiger partial charge in [-0.05, 0) is 31.8 Å². The highest BCUT2D eigenvalue weighted by Gasteiger charge is 2.03. The van der Waals surface area contributed by atoms with E-state index in [0.717, 1.165) is 31.8 Å². The summed E-state index contributed by atoms with van der Waals surface area (Å²) in [5, 5.41) is 3.22. The topological polar surface area (TPSA) is 12.0 Å². The first-order valence-electron chi connectivity index (χ1n) is 4.67. The SMILES string of the molecule is CCC(CCCl)CNCCCF. The Balaban J connectivity index is 3.19. The van der Waals surface area contributed by atoms with Crippen molar-refractivity contribution in [1.29, 1.82) is 0 Å². The molecule has 0 amide bonds. The Hall–Kier alpha value is 0.180. The fraction of sp³-hybridized carbons (Fsp3) is 1.00. The van der Waals surface area contributed by atoms with Gasteiger partial charge < -0.3 is 5.32 Å². The summed E-state index contributed by atoms with van der Waals surface area (Å²) in [5.74, 6) is 1.38. The van der Waals surface area contributed by atoms with Crippen LogP contribution in [0.2, 0.25) is 0 Å². The maximum absolute atomic E-state index is 11.7. The molecule has 0 bridgehead atoms. The molecule has 0 heterocycles. The van der Waals surface area contributed by atoms with Crippen molar-refractivity contribution in [3.05, 3.63) is 0 Å². The van der Waals surface area contributed by atoms with Gasteiger partial charge in [-0.3, -0.25) is 4.39 Å². The molecule has 1 nitrogen and oxygen atoms in total. The van der Waals surface area contributed by atoms with E-state index >= 15 is 0 Å². The van der Waals surface area contributed by atoms with Crippen LogP contribution in [0.4, 0.5) is 4.39 Å². The van der Waals surface area contributed by atoms with Gasteiger partial charge in [-0.2, -0.15) is 0 Å². The number of hydrogen-bond donors (Lipinski definition) is 1. The predicted molar refractivity (Wildman–Crippen MR) is 52.6 cm³/mol. The number of nitrogens with one attached hydrogen (secondary N) is 1. The third-order valence-electron chi connectivity index (χ3n) is 2.01. The van der Waals surface area contributed by atoms with Crippen molar-refractivity contribution in [2.75, 3.05) is 25.6 Å². The van der Waals surface area contributed by atoms with E-state index in [1.807, 2.05) is 0 Å². The van der Waals surface area contributed by atoms with Gasteiger partial charge >= 0.3 is 0 Å². The summed E-state index contributed by atoms with van der Waals surface area (Å²) in [6.45, 7) is 3.70. The first-order chi connectivity index (χ1) is 5.85. The van der Waals surface area contributed by atoms with E-state index in [0.29, 0.717) is 12.3 Å². The quantitative estimate of drug-likeness (QED) is 0.464. The Kier molecular flexibility index (Phi) is 9.41. The molecule has 1 N–H and O–H groups in total. The Bertz CT molecular complexity index is 90.6. The minimum atomic E-state index is -0.223. The van der Waals surface area contributed by atoms with E-state index in [1.165, 1.54) is 0 Å². The summed E-state index contributed by atoms with van der Waals surface area (Å²) < 4.78 is 11.7. The summed E-state index contributed by atoms with van der Waals surface area (Å²) >= 11 is 5.63. The lowest BCUT2D eigenvalue weighted by molar-refractivity contribution is 0.421. The van der Waals surface area contributed by atoms with Crippen LogP contribution in [-0.2, 0) is 0 Å². The second kappa shape index (κ2) is 9.27. The van der Waals surface area contributed by atoms with Gasteiger partial charge in [0.25, 0.3) is 0 Å². The number of halogens is 2. The lowest BCUT2D eigenvalue weighted by atomic mass is 10.0. The lowest BCUT2D eigenvalue weighted by Gasteiger charge is -2.13. The third kappa shape index (κ3) is 6.86. The lowest BCUT2D eigenvalue weighted by Crippen LogP contribution is -2.24. The van der Waals surface area contributed by atoms with Crippen LogP contribution in [0.15, 0.2) is 0 Å². The fourth-order valence-corrected chi connectivity index (χ4v) is 1.41. The van der Waals surface area contributed by atoms with Crippen LogP contribution in [0.3, 0.4) is 0 Å². The molecule has 0 aromatic heterocycles. The zero-order valence-corrected chi connectivity index (χ0v) is 8.54. The van der Waals surface area contributed by atoms with Crippen LogP contribution in [0.25, 0.3) is 0 Å². The maximum Gasteiger partial charge on any atom is 0.0906 e. The van der Waals surface area contributed by atoms with Crippen molar-refractivity contribution in [2.24, 2.45) is 5.92 Å². The van der Waals surface area contributed by atoms with Crippen LogP contribution >= 0.6 is 11.6 Å². The Morgan fingerprint density at radius 2 is 2.25 bits per heavy atom. The molecular weight excluding hydrogens is 177 g/mol. The van der Waals surface area contributed by atoms with Crippen LogP contribution in [-0.4, -0.2) is 25.6 Å². The highest BCUT2D eigenvalue weighted by molar-refractivity contribution is 6.17. The highest BCUT2D eigenvalue weighted by Crippen LogP contribution is 2.07. The summed E-state index contributed by atoms with van der Waals surface area (Å²) in [6.07, 6.45) is 2.83. The molecule has 74 valence electrons. The molecule has 0 aliphatic heterocycles. The molecule has 0 rings (SSSR count). The second-order valence-electron chi connectivity index (χ2n) is 3.00. The Morgan fingerprint density at radius 3 is 2.75 bits per heavy atom. The zero-order valence-electron chi connectivity index (χ0n) is 7.78. The molecule has 12 heavy (non-hydrogen) atoms. The van der Waals surface area contributed by atoms with E-state index in [4.69, 9.17) is 11.6 Å². The fourth-order valence-electron chi connectivity index (χ4n) is 1.10. The van der Waals surface area contributed by atoms with Gasteiger partial charge in [0, 0.05) is 5.88 Å². The molecule has 0 saturated carbocycles. The van der Waals surface area contributed by atoms with Crippen molar-refractivity contribution in [3.8, 4) is 0 Å². The van der Waals surface area contributed by atoms with Crippen molar-refractivity contribution >= 4 is 11.6 Å². The first-order valence-corrected chi connectivity index (χ1v) is 5.21. The minimum absolute atomic E-state index is 0.223. The molecule has 0 radical (unpaired) electrons. The van der Waals surface area contributed by atoms with Crippen molar-refractivity contribution in [1.82, 2.24) is 5.32 Å². The summed E-state index contributed by atoms with van der Waals surface area (Å²) in [6, 6.07) is 0. The van der Waals surface area contributed by atoms with Crippen molar-refractivity contribution in [2.45, 2.75) is 26.2 Å². The van der Waals surface area contributed by atoms with E-state index in [2.05, 4.69) is 12.2 Å². The van der Waals surface area contributed by atoms with Crippen LogP contribution in [0.5, 0.6) is 0 Å². The predicted octanol–water partition coefficient (Wildman–Crippen LogP) is 2.59. The molecule has 0 aliphatic rings. The normalized spacial score (nSPS) is 13.2. The van der Waals surface area contributed by atoms with Gasteiger partial charge in [0.2, 0.25) is 0 Å². The summed E-state index contributed by atoms with van der Waals surface area (Å²) in [4.78, 5) is 0. The van der Waals surface area contributed by atoms with Gasteiger partial charge in [-0.1, -0.05) is 13.3 Å². The van der Waals surface area contributed by atoms with E-state index in [9.17, 15) is 4.39 Å². The maximum atomic E-state index is 11.7. The molecule has 3 heteroatoms. The van der Waals surface area contributed by atoms with Gasteiger partial charge in [0.1, 0.15) is 0 Å². The van der Waals surface area contributed by atoms with E-state index in [-0.39, 0.29) is 6.67 Å². The first kappa shape index (κ1) is 12.2. The second-order valence-corrected chi connectivity index (χ2v) is 3.38. The molecular formula is C9H19ClFN. The molecule has 0 aliphatic carbocycles. The average Bonchev–Trinajstić information content (AvgIpc) is 2.10. The van der Waals surface area contributed by atoms with E-state index < -0.39 is 0 Å². The van der Waals surface area contributed by atoms with Gasteiger partial charge in [-0.25, -0.2) is 0 Å². The summed E-state index contributed by atoms with van der Waals surface area (Å²) in [7, 11) is 0. The molecule has 1 atom stereocenters. The number of rotatable bonds is 8. The monoisotopic (exact) mass is 195 g/mol. The number of alkyl halides is 2. The molecule has 0 aromatic rings. The average molecular weight is 196 g/mol. The highest BCUT2D eigenvalue weighted by atomic mass is 35.5. The molecule has 0 aromatic carbocycles. The van der Waals surface area contributed by atoms with Gasteiger partial charge in [0.05, 0.1) is 6.67 Å². The third-order valence-corrected chi connectivity index (χ3v) is 2.23. The molecule has 0 spiro atoms. The van der Waals surface area contributed by atoms with Crippen molar-refractivity contribution in [3.63, 3.8) is 0 Å². The molecule has 0 fully saturated rings. The standard InChI is InChI=1S/C9H19ClFN/c1-2-9(4-5-10)8-12-7-3-6-11/h9,12H,2-8H2,1H3. The van der Waals surface area contributed by atoms with Crippen molar-refractivity contribution < 1.29 is 4.39 Å². The van der Waals surface area contributed by atoms with Crippen LogP contribution in [0, 0.1) is 5.92 Å². The Labute approximate surface area is 79.7 Å². The minimum Gasteiger partial charge on any atom is -0.316 e. The smallest absolute Gasteiger partial charge is 0.0906 e. The number of hydrogen-bond acceptors (Lipinski definition) is 1. The molecule has 1 unspecified atom stereocenters. The Morgan fingerprint density at radius 1 is 1.50 bits per heavy atom. The largest absolute Gasteiger partial charge is 0.316 e. The van der Waals surface area contributed by atoms with Gasteiger partial charge in [-0.15, -0.1) is 11.6 Å². The van der Waals surface area contributed by atoms with E-state index in [1.54, 1.807) is 0 Å². The molecule has 0 saturated heterocycles.